The number of unbranched alkanes of at least 4 members (excludes halogenated alkanes) is 1. The smallest absolute Gasteiger partial charge is 0.286 e. The van der Waals surface area contributed by atoms with E-state index in [0.29, 0.717) is 18.9 Å². The standard InChI is InChI=1S/C4H9O4PS/c1-2-3-4-6-9(5)7-10-8-9/h2-4H2,1H3. The second-order valence-corrected chi connectivity index (χ2v) is 4.33. The van der Waals surface area contributed by atoms with Crippen LogP contribution in [0, 0.1) is 0 Å². The molecule has 10 heavy (non-hydrogen) atoms. The molecule has 1 aliphatic rings. The monoisotopic (exact) mass is 184 g/mol. The molecule has 0 bridgehead atoms. The molecule has 1 saturated heterocycles. The van der Waals surface area contributed by atoms with Gasteiger partial charge in [0.15, 0.2) is 12.3 Å². The first kappa shape index (κ1) is 8.56. The van der Waals surface area contributed by atoms with Gasteiger partial charge in [-0.25, -0.2) is 4.57 Å². The maximum Gasteiger partial charge on any atom is 0.501 e. The molecule has 1 fully saturated rings. The van der Waals surface area contributed by atoms with E-state index in [4.69, 9.17) is 4.52 Å². The van der Waals surface area contributed by atoms with Crippen LogP contribution in [0.5, 0.6) is 0 Å². The summed E-state index contributed by atoms with van der Waals surface area (Å²) in [7, 11) is -3.06. The molecule has 0 N–H and O–H groups in total. The summed E-state index contributed by atoms with van der Waals surface area (Å²) in [6.07, 6.45) is 1.88. The van der Waals surface area contributed by atoms with Crippen molar-refractivity contribution < 1.29 is 17.0 Å². The van der Waals surface area contributed by atoms with E-state index < -0.39 is 7.82 Å². The summed E-state index contributed by atoms with van der Waals surface area (Å²) in [4.78, 5) is 0. The van der Waals surface area contributed by atoms with Gasteiger partial charge in [-0.05, 0) is 6.42 Å². The maximum atomic E-state index is 10.9. The van der Waals surface area contributed by atoms with E-state index in [2.05, 4.69) is 7.94 Å². The van der Waals surface area contributed by atoms with Gasteiger partial charge < -0.3 is 0 Å². The van der Waals surface area contributed by atoms with Crippen LogP contribution in [0.15, 0.2) is 0 Å². The highest BCUT2D eigenvalue weighted by atomic mass is 32.2. The van der Waals surface area contributed by atoms with Gasteiger partial charge in [-0.3, -0.25) is 4.52 Å². The Morgan fingerprint density at radius 3 is 2.70 bits per heavy atom. The van der Waals surface area contributed by atoms with Crippen LogP contribution in [0.4, 0.5) is 0 Å². The summed E-state index contributed by atoms with van der Waals surface area (Å²) in [5.74, 6) is 0. The number of phosphoric acid groups is 1. The Morgan fingerprint density at radius 1 is 1.60 bits per heavy atom. The largest absolute Gasteiger partial charge is 0.501 e. The molecule has 1 rings (SSSR count). The van der Waals surface area contributed by atoms with E-state index in [-0.39, 0.29) is 0 Å². The molecule has 0 aromatic carbocycles. The molecule has 0 aromatic rings. The molecule has 60 valence electrons. The van der Waals surface area contributed by atoms with Crippen molar-refractivity contribution in [3.8, 4) is 0 Å². The molecule has 6 heteroatoms. The van der Waals surface area contributed by atoms with Crippen molar-refractivity contribution in [1.29, 1.82) is 0 Å². The van der Waals surface area contributed by atoms with Crippen molar-refractivity contribution in [3.05, 3.63) is 0 Å². The fourth-order valence-electron chi connectivity index (χ4n) is 0.444. The van der Waals surface area contributed by atoms with E-state index in [0.717, 1.165) is 12.8 Å². The summed E-state index contributed by atoms with van der Waals surface area (Å²) >= 11 is 0.714. The number of hydrogen-bond donors (Lipinski definition) is 0. The van der Waals surface area contributed by atoms with Gasteiger partial charge in [0, 0.05) is 0 Å². The topological polar surface area (TPSA) is 44.8 Å². The van der Waals surface area contributed by atoms with Crippen LogP contribution < -0.4 is 0 Å². The van der Waals surface area contributed by atoms with E-state index in [1.807, 2.05) is 6.92 Å². The molecule has 4 nitrogen and oxygen atoms in total. The highest BCUT2D eigenvalue weighted by Gasteiger charge is 2.38. The van der Waals surface area contributed by atoms with E-state index in [1.165, 1.54) is 0 Å². The Balaban J connectivity index is 2.07. The van der Waals surface area contributed by atoms with Gasteiger partial charge in [-0.2, -0.15) is 7.94 Å². The lowest BCUT2D eigenvalue weighted by Crippen LogP contribution is -2.01. The Bertz CT molecular complexity index is 142. The molecule has 0 aromatic heterocycles. The van der Waals surface area contributed by atoms with Gasteiger partial charge in [-0.1, -0.05) is 13.3 Å². The van der Waals surface area contributed by atoms with Crippen LogP contribution >= 0.6 is 20.1 Å². The minimum absolute atomic E-state index is 0.439. The third kappa shape index (κ3) is 2.25. The fourth-order valence-corrected chi connectivity index (χ4v) is 1.78. The quantitative estimate of drug-likeness (QED) is 0.381. The first-order valence-electron chi connectivity index (χ1n) is 3.06. The lowest BCUT2D eigenvalue weighted by Gasteiger charge is -2.21. The van der Waals surface area contributed by atoms with E-state index in [1.54, 1.807) is 0 Å². The molecule has 1 aliphatic heterocycles. The van der Waals surface area contributed by atoms with Crippen molar-refractivity contribution in [3.63, 3.8) is 0 Å². The van der Waals surface area contributed by atoms with Crippen molar-refractivity contribution in [2.75, 3.05) is 6.61 Å². The second kappa shape index (κ2) is 3.74. The van der Waals surface area contributed by atoms with Crippen LogP contribution in [0.25, 0.3) is 0 Å². The van der Waals surface area contributed by atoms with Gasteiger partial charge in [0.05, 0.1) is 6.61 Å². The zero-order valence-corrected chi connectivity index (χ0v) is 7.32. The van der Waals surface area contributed by atoms with E-state index in [9.17, 15) is 4.57 Å². The van der Waals surface area contributed by atoms with Crippen molar-refractivity contribution in [1.82, 2.24) is 0 Å². The summed E-state index contributed by atoms with van der Waals surface area (Å²) in [5.41, 5.74) is 0. The molecule has 1 heterocycles. The summed E-state index contributed by atoms with van der Waals surface area (Å²) < 4.78 is 24.6. The molecule has 0 amide bonds. The summed E-state index contributed by atoms with van der Waals surface area (Å²) in [5, 5.41) is 0. The van der Waals surface area contributed by atoms with Crippen molar-refractivity contribution in [2.45, 2.75) is 19.8 Å². The van der Waals surface area contributed by atoms with Crippen LogP contribution in [0.3, 0.4) is 0 Å². The van der Waals surface area contributed by atoms with Gasteiger partial charge in [-0.15, -0.1) is 0 Å². The second-order valence-electron chi connectivity index (χ2n) is 1.85. The average molecular weight is 184 g/mol. The summed E-state index contributed by atoms with van der Waals surface area (Å²) in [6, 6.07) is 0. The van der Waals surface area contributed by atoms with Gasteiger partial charge in [0.25, 0.3) is 0 Å². The predicted molar refractivity (Wildman–Crippen MR) is 38.2 cm³/mol. The third-order valence-corrected chi connectivity index (χ3v) is 3.44. The first-order valence-corrected chi connectivity index (χ1v) is 5.19. The fraction of sp³-hybridized carbons (Fsp3) is 1.00. The third-order valence-electron chi connectivity index (χ3n) is 0.991. The number of rotatable bonds is 4. The van der Waals surface area contributed by atoms with Gasteiger partial charge in [0.2, 0.25) is 0 Å². The zero-order chi connectivity index (χ0) is 7.45. The van der Waals surface area contributed by atoms with Crippen LogP contribution in [-0.2, 0) is 17.0 Å². The molecule has 0 atom stereocenters. The normalized spacial score (nSPS) is 22.1. The molecule has 0 saturated carbocycles. The molecule has 0 radical (unpaired) electrons. The highest BCUT2D eigenvalue weighted by Crippen LogP contribution is 2.65. The Morgan fingerprint density at radius 2 is 2.30 bits per heavy atom. The summed E-state index contributed by atoms with van der Waals surface area (Å²) in [6.45, 7) is 2.46. The molecular formula is C4H9O4PS. The minimum atomic E-state index is -3.06. The first-order chi connectivity index (χ1) is 4.77. The van der Waals surface area contributed by atoms with Crippen LogP contribution in [0.2, 0.25) is 0 Å². The maximum absolute atomic E-state index is 10.9. The number of hydrogen-bond acceptors (Lipinski definition) is 5. The SMILES string of the molecule is CCCCOP1(=O)OSO1. The van der Waals surface area contributed by atoms with E-state index >= 15 is 0 Å². The average Bonchev–Trinajstić information content (AvgIpc) is 1.85. The Hall–Kier alpha value is 0.460. The predicted octanol–water partition coefficient (Wildman–Crippen LogP) is 2.52. The van der Waals surface area contributed by atoms with Crippen molar-refractivity contribution in [2.24, 2.45) is 0 Å². The van der Waals surface area contributed by atoms with Crippen LogP contribution in [-0.4, -0.2) is 6.61 Å². The zero-order valence-electron chi connectivity index (χ0n) is 5.61. The molecular weight excluding hydrogens is 175 g/mol. The van der Waals surface area contributed by atoms with Crippen molar-refractivity contribution >= 4 is 20.1 Å². The Labute approximate surface area is 64.3 Å². The molecule has 0 spiro atoms. The molecule has 0 unspecified atom stereocenters. The lowest BCUT2D eigenvalue weighted by molar-refractivity contribution is 0.192. The molecule has 0 aliphatic carbocycles. The highest BCUT2D eigenvalue weighted by molar-refractivity contribution is 8.02. The Kier molecular flexibility index (Phi) is 3.20. The van der Waals surface area contributed by atoms with Gasteiger partial charge >= 0.3 is 7.82 Å². The van der Waals surface area contributed by atoms with Gasteiger partial charge in [0.1, 0.15) is 0 Å². The lowest BCUT2D eigenvalue weighted by atomic mass is 10.4. The minimum Gasteiger partial charge on any atom is -0.286 e. The van der Waals surface area contributed by atoms with Crippen LogP contribution in [0.1, 0.15) is 19.8 Å².